The molecule has 0 saturated heterocycles. The van der Waals surface area contributed by atoms with Crippen molar-refractivity contribution in [3.63, 3.8) is 0 Å². The number of hydrogen-bond donors (Lipinski definition) is 1. The van der Waals surface area contributed by atoms with Gasteiger partial charge in [-0.25, -0.2) is 4.98 Å². The SMILES string of the molecule is CC(C)(C)C(CCN)CCc1nc(-c2cscn2)no1. The molecule has 0 fully saturated rings. The highest BCUT2D eigenvalue weighted by atomic mass is 32.1. The molecule has 2 rings (SSSR count). The van der Waals surface area contributed by atoms with Gasteiger partial charge in [-0.15, -0.1) is 11.3 Å². The Morgan fingerprint density at radius 2 is 2.15 bits per heavy atom. The summed E-state index contributed by atoms with van der Waals surface area (Å²) in [6.07, 6.45) is 2.83. The molecule has 0 spiro atoms. The van der Waals surface area contributed by atoms with Crippen molar-refractivity contribution in [2.24, 2.45) is 17.1 Å². The van der Waals surface area contributed by atoms with Gasteiger partial charge in [-0.1, -0.05) is 25.9 Å². The lowest BCUT2D eigenvalue weighted by Gasteiger charge is -2.30. The molecular formula is C14H22N4OS. The fourth-order valence-electron chi connectivity index (χ4n) is 2.29. The first-order chi connectivity index (χ1) is 9.50. The maximum Gasteiger partial charge on any atom is 0.227 e. The fourth-order valence-corrected chi connectivity index (χ4v) is 2.82. The van der Waals surface area contributed by atoms with Crippen molar-refractivity contribution in [2.75, 3.05) is 6.54 Å². The molecule has 2 N–H and O–H groups in total. The van der Waals surface area contributed by atoms with E-state index < -0.39 is 0 Å². The summed E-state index contributed by atoms with van der Waals surface area (Å²) in [5.74, 6) is 1.81. The van der Waals surface area contributed by atoms with Crippen molar-refractivity contribution in [1.29, 1.82) is 0 Å². The summed E-state index contributed by atoms with van der Waals surface area (Å²) in [6.45, 7) is 7.47. The monoisotopic (exact) mass is 294 g/mol. The summed E-state index contributed by atoms with van der Waals surface area (Å²) >= 11 is 1.53. The zero-order valence-corrected chi connectivity index (χ0v) is 13.1. The van der Waals surface area contributed by atoms with Crippen molar-refractivity contribution in [2.45, 2.75) is 40.0 Å². The molecule has 6 heteroatoms. The Labute approximate surface area is 123 Å². The van der Waals surface area contributed by atoms with E-state index in [9.17, 15) is 0 Å². The molecule has 1 atom stereocenters. The van der Waals surface area contributed by atoms with Gasteiger partial charge in [0.05, 0.1) is 5.51 Å². The number of nitrogens with two attached hydrogens (primary N) is 1. The van der Waals surface area contributed by atoms with E-state index in [2.05, 4.69) is 35.9 Å². The number of aryl methyl sites for hydroxylation is 1. The van der Waals surface area contributed by atoms with Crippen LogP contribution in [-0.4, -0.2) is 21.7 Å². The highest BCUT2D eigenvalue weighted by molar-refractivity contribution is 7.07. The van der Waals surface area contributed by atoms with E-state index in [1.807, 2.05) is 5.38 Å². The summed E-state index contributed by atoms with van der Waals surface area (Å²) in [7, 11) is 0. The molecule has 0 aromatic carbocycles. The molecule has 0 saturated carbocycles. The molecule has 0 aliphatic carbocycles. The lowest BCUT2D eigenvalue weighted by atomic mass is 9.76. The molecule has 0 aliphatic heterocycles. The van der Waals surface area contributed by atoms with Gasteiger partial charge in [0.15, 0.2) is 0 Å². The lowest BCUT2D eigenvalue weighted by Crippen LogP contribution is -2.24. The third-order valence-electron chi connectivity index (χ3n) is 3.58. The molecule has 110 valence electrons. The molecule has 2 aromatic rings. The number of rotatable bonds is 6. The predicted molar refractivity (Wildman–Crippen MR) is 80.3 cm³/mol. The normalized spacial score (nSPS) is 13.6. The van der Waals surface area contributed by atoms with E-state index in [1.54, 1.807) is 5.51 Å². The average Bonchev–Trinajstić information content (AvgIpc) is 3.03. The quantitative estimate of drug-likeness (QED) is 0.885. The van der Waals surface area contributed by atoms with Crippen LogP contribution in [0.4, 0.5) is 0 Å². The van der Waals surface area contributed by atoms with Gasteiger partial charge in [0.25, 0.3) is 0 Å². The summed E-state index contributed by atoms with van der Waals surface area (Å²) in [6, 6.07) is 0. The number of thiazole rings is 1. The largest absolute Gasteiger partial charge is 0.339 e. The van der Waals surface area contributed by atoms with Crippen LogP contribution in [-0.2, 0) is 6.42 Å². The summed E-state index contributed by atoms with van der Waals surface area (Å²) < 4.78 is 5.30. The maximum atomic E-state index is 5.70. The number of nitrogens with zero attached hydrogens (tertiary/aromatic N) is 3. The van der Waals surface area contributed by atoms with Crippen LogP contribution >= 0.6 is 11.3 Å². The van der Waals surface area contributed by atoms with Gasteiger partial charge in [0.1, 0.15) is 5.69 Å². The van der Waals surface area contributed by atoms with E-state index in [0.717, 1.165) is 31.5 Å². The van der Waals surface area contributed by atoms with E-state index in [-0.39, 0.29) is 5.41 Å². The first-order valence-electron chi connectivity index (χ1n) is 6.92. The van der Waals surface area contributed by atoms with Crippen LogP contribution in [0.1, 0.15) is 39.5 Å². The van der Waals surface area contributed by atoms with Gasteiger partial charge in [-0.05, 0) is 30.7 Å². The smallest absolute Gasteiger partial charge is 0.227 e. The second-order valence-corrected chi connectivity index (χ2v) is 6.78. The lowest BCUT2D eigenvalue weighted by molar-refractivity contribution is 0.208. The highest BCUT2D eigenvalue weighted by Gasteiger charge is 2.24. The third-order valence-corrected chi connectivity index (χ3v) is 4.16. The topological polar surface area (TPSA) is 77.8 Å². The average molecular weight is 294 g/mol. The zero-order chi connectivity index (χ0) is 14.6. The zero-order valence-electron chi connectivity index (χ0n) is 12.3. The minimum absolute atomic E-state index is 0.247. The van der Waals surface area contributed by atoms with Gasteiger partial charge in [-0.2, -0.15) is 4.98 Å². The first-order valence-corrected chi connectivity index (χ1v) is 7.86. The minimum Gasteiger partial charge on any atom is -0.339 e. The van der Waals surface area contributed by atoms with Crippen LogP contribution in [0.25, 0.3) is 11.5 Å². The standard InChI is InChI=1S/C14H22N4OS/c1-14(2,3)10(6-7-15)4-5-12-17-13(18-19-12)11-8-20-9-16-11/h8-10H,4-7,15H2,1-3H3. The summed E-state index contributed by atoms with van der Waals surface area (Å²) in [5.41, 5.74) is 8.50. The first kappa shape index (κ1) is 15.1. The predicted octanol–water partition coefficient (Wildman–Crippen LogP) is 3.14. The third kappa shape index (κ3) is 3.86. The molecular weight excluding hydrogens is 272 g/mol. The molecule has 5 nitrogen and oxygen atoms in total. The summed E-state index contributed by atoms with van der Waals surface area (Å²) in [4.78, 5) is 8.58. The second-order valence-electron chi connectivity index (χ2n) is 6.06. The maximum absolute atomic E-state index is 5.70. The van der Waals surface area contributed by atoms with Crippen LogP contribution in [0.5, 0.6) is 0 Å². The van der Waals surface area contributed by atoms with Crippen LogP contribution in [0.3, 0.4) is 0 Å². The molecule has 1 unspecified atom stereocenters. The number of aromatic nitrogens is 3. The van der Waals surface area contributed by atoms with Crippen LogP contribution in [0, 0.1) is 11.3 Å². The Bertz CT molecular complexity index is 516. The van der Waals surface area contributed by atoms with Gasteiger partial charge in [-0.3, -0.25) is 0 Å². The second kappa shape index (κ2) is 6.45. The van der Waals surface area contributed by atoms with Crippen molar-refractivity contribution in [1.82, 2.24) is 15.1 Å². The molecule has 0 bridgehead atoms. The molecule has 20 heavy (non-hydrogen) atoms. The van der Waals surface area contributed by atoms with E-state index in [1.165, 1.54) is 11.3 Å². The highest BCUT2D eigenvalue weighted by Crippen LogP contribution is 2.32. The van der Waals surface area contributed by atoms with Crippen molar-refractivity contribution < 1.29 is 4.52 Å². The Kier molecular flexibility index (Phi) is 4.88. The van der Waals surface area contributed by atoms with Gasteiger partial charge in [0, 0.05) is 11.8 Å². The Hall–Kier alpha value is -1.27. The van der Waals surface area contributed by atoms with Gasteiger partial charge in [0.2, 0.25) is 11.7 Å². The van der Waals surface area contributed by atoms with Crippen LogP contribution in [0.15, 0.2) is 15.4 Å². The summed E-state index contributed by atoms with van der Waals surface area (Å²) in [5, 5.41) is 5.90. The molecule has 0 amide bonds. The van der Waals surface area contributed by atoms with Crippen molar-refractivity contribution >= 4 is 11.3 Å². The van der Waals surface area contributed by atoms with E-state index >= 15 is 0 Å². The van der Waals surface area contributed by atoms with Gasteiger partial charge < -0.3 is 10.3 Å². The minimum atomic E-state index is 0.247. The van der Waals surface area contributed by atoms with E-state index in [4.69, 9.17) is 10.3 Å². The molecule has 0 radical (unpaired) electrons. The van der Waals surface area contributed by atoms with Crippen LogP contribution in [0.2, 0.25) is 0 Å². The Morgan fingerprint density at radius 3 is 2.75 bits per heavy atom. The molecule has 2 heterocycles. The van der Waals surface area contributed by atoms with Crippen LogP contribution < -0.4 is 5.73 Å². The molecule has 2 aromatic heterocycles. The number of hydrogen-bond acceptors (Lipinski definition) is 6. The van der Waals surface area contributed by atoms with Gasteiger partial charge >= 0.3 is 0 Å². The van der Waals surface area contributed by atoms with Crippen molar-refractivity contribution in [3.05, 3.63) is 16.8 Å². The van der Waals surface area contributed by atoms with Crippen molar-refractivity contribution in [3.8, 4) is 11.5 Å². The van der Waals surface area contributed by atoms with E-state index in [0.29, 0.717) is 17.6 Å². The Morgan fingerprint density at radius 1 is 1.35 bits per heavy atom. The molecule has 0 aliphatic rings. The fraction of sp³-hybridized carbons (Fsp3) is 0.643. The Balaban J connectivity index is 1.97.